The third-order valence-electron chi connectivity index (χ3n) is 7.05. The van der Waals surface area contributed by atoms with Crippen molar-refractivity contribution in [2.45, 2.75) is 90.5 Å². The Kier molecular flexibility index (Phi) is 7.93. The number of carbonyl (C=O) groups excluding carboxylic acids is 2. The first-order valence-electron chi connectivity index (χ1n) is 10.7. The molecule has 1 heterocycles. The van der Waals surface area contributed by atoms with Crippen LogP contribution in [-0.2, 0) is 9.59 Å². The van der Waals surface area contributed by atoms with Crippen LogP contribution in [0.2, 0.25) is 0 Å². The first kappa shape index (κ1) is 21.2. The number of nitrogens with two attached hydrogens (primary N) is 2. The highest BCUT2D eigenvalue weighted by Gasteiger charge is 2.39. The highest BCUT2D eigenvalue weighted by molar-refractivity contribution is 5.77. The van der Waals surface area contributed by atoms with Crippen LogP contribution in [0.3, 0.4) is 0 Å². The van der Waals surface area contributed by atoms with Crippen molar-refractivity contribution in [2.24, 2.45) is 28.7 Å². The van der Waals surface area contributed by atoms with E-state index >= 15 is 0 Å². The summed E-state index contributed by atoms with van der Waals surface area (Å²) in [5, 5.41) is 0. The summed E-state index contributed by atoms with van der Waals surface area (Å²) in [7, 11) is 0. The van der Waals surface area contributed by atoms with E-state index in [2.05, 4.69) is 18.7 Å². The van der Waals surface area contributed by atoms with Crippen LogP contribution in [0, 0.1) is 17.3 Å². The molecule has 2 amide bonds. The predicted molar refractivity (Wildman–Crippen MR) is 105 cm³/mol. The Morgan fingerprint density at radius 1 is 0.808 bits per heavy atom. The summed E-state index contributed by atoms with van der Waals surface area (Å²) in [5.74, 6) is 0.164. The van der Waals surface area contributed by atoms with Gasteiger partial charge < -0.3 is 16.4 Å². The maximum Gasteiger partial charge on any atom is 0.220 e. The van der Waals surface area contributed by atoms with E-state index < -0.39 is 0 Å². The number of piperidine rings is 1. The van der Waals surface area contributed by atoms with Gasteiger partial charge in [0.05, 0.1) is 0 Å². The van der Waals surface area contributed by atoms with Gasteiger partial charge in [0.25, 0.3) is 0 Å². The number of primary amides is 2. The molecular formula is C21H39N3O2. The van der Waals surface area contributed by atoms with Gasteiger partial charge in [-0.1, -0.05) is 19.3 Å². The van der Waals surface area contributed by atoms with E-state index in [1.807, 2.05) is 0 Å². The summed E-state index contributed by atoms with van der Waals surface area (Å²) in [6.07, 6.45) is 12.8. The van der Waals surface area contributed by atoms with Crippen molar-refractivity contribution >= 4 is 11.8 Å². The molecule has 4 N–H and O–H groups in total. The third-order valence-corrected chi connectivity index (χ3v) is 7.05. The van der Waals surface area contributed by atoms with Gasteiger partial charge in [0.15, 0.2) is 0 Å². The Hall–Kier alpha value is -1.10. The Labute approximate surface area is 159 Å². The molecule has 5 nitrogen and oxygen atoms in total. The maximum absolute atomic E-state index is 11.2. The van der Waals surface area contributed by atoms with Crippen molar-refractivity contribution in [1.29, 1.82) is 0 Å². The lowest BCUT2D eigenvalue weighted by atomic mass is 9.65. The lowest BCUT2D eigenvalue weighted by molar-refractivity contribution is -0.124. The molecule has 2 saturated carbocycles. The SMILES string of the molecule is CC(C)N1CCC2(CCC(C(N)=O)CC2)CC1.NC(=O)C1CCCCC1. The van der Waals surface area contributed by atoms with Crippen molar-refractivity contribution in [1.82, 2.24) is 4.90 Å². The summed E-state index contributed by atoms with van der Waals surface area (Å²) < 4.78 is 0. The van der Waals surface area contributed by atoms with E-state index in [0.29, 0.717) is 11.5 Å². The molecule has 1 aliphatic heterocycles. The van der Waals surface area contributed by atoms with Crippen molar-refractivity contribution in [3.63, 3.8) is 0 Å². The number of hydrogen-bond donors (Lipinski definition) is 2. The van der Waals surface area contributed by atoms with E-state index in [0.717, 1.165) is 25.7 Å². The number of likely N-dealkylation sites (tertiary alicyclic amines) is 1. The molecule has 0 aromatic rings. The number of rotatable bonds is 3. The fourth-order valence-electron chi connectivity index (χ4n) is 4.92. The quantitative estimate of drug-likeness (QED) is 0.805. The molecule has 0 atom stereocenters. The van der Waals surface area contributed by atoms with Gasteiger partial charge in [-0.25, -0.2) is 0 Å². The smallest absolute Gasteiger partial charge is 0.220 e. The molecule has 150 valence electrons. The monoisotopic (exact) mass is 365 g/mol. The summed E-state index contributed by atoms with van der Waals surface area (Å²) >= 11 is 0. The number of nitrogens with zero attached hydrogens (tertiary/aromatic N) is 1. The zero-order chi connectivity index (χ0) is 19.2. The Morgan fingerprint density at radius 2 is 1.27 bits per heavy atom. The lowest BCUT2D eigenvalue weighted by Gasteiger charge is -2.46. The van der Waals surface area contributed by atoms with E-state index in [4.69, 9.17) is 11.5 Å². The Bertz CT molecular complexity index is 454. The molecule has 0 aromatic heterocycles. The van der Waals surface area contributed by atoms with Crippen LogP contribution in [0.15, 0.2) is 0 Å². The van der Waals surface area contributed by atoms with Crippen molar-refractivity contribution in [2.75, 3.05) is 13.1 Å². The number of amides is 2. The molecule has 0 unspecified atom stereocenters. The molecule has 5 heteroatoms. The minimum absolute atomic E-state index is 0.0838. The van der Waals surface area contributed by atoms with E-state index in [9.17, 15) is 9.59 Å². The van der Waals surface area contributed by atoms with Crippen LogP contribution in [0.5, 0.6) is 0 Å². The van der Waals surface area contributed by atoms with Crippen molar-refractivity contribution < 1.29 is 9.59 Å². The number of hydrogen-bond acceptors (Lipinski definition) is 3. The highest BCUT2D eigenvalue weighted by atomic mass is 16.1. The molecule has 1 saturated heterocycles. The minimum Gasteiger partial charge on any atom is -0.369 e. The third kappa shape index (κ3) is 5.97. The van der Waals surface area contributed by atoms with Crippen LogP contribution >= 0.6 is 0 Å². The summed E-state index contributed by atoms with van der Waals surface area (Å²) in [6.45, 7) is 7.03. The van der Waals surface area contributed by atoms with Gasteiger partial charge in [0.2, 0.25) is 11.8 Å². The maximum atomic E-state index is 11.2. The van der Waals surface area contributed by atoms with Gasteiger partial charge in [-0.15, -0.1) is 0 Å². The molecule has 1 spiro atoms. The second-order valence-electron chi connectivity index (χ2n) is 9.04. The molecule has 26 heavy (non-hydrogen) atoms. The van der Waals surface area contributed by atoms with Gasteiger partial charge in [-0.05, 0) is 83.7 Å². The fraction of sp³-hybridized carbons (Fsp3) is 0.905. The average molecular weight is 366 g/mol. The van der Waals surface area contributed by atoms with Gasteiger partial charge in [-0.2, -0.15) is 0 Å². The molecule has 0 bridgehead atoms. The van der Waals surface area contributed by atoms with Gasteiger partial charge in [-0.3, -0.25) is 9.59 Å². The number of carbonyl (C=O) groups is 2. The lowest BCUT2D eigenvalue weighted by Crippen LogP contribution is -2.45. The topological polar surface area (TPSA) is 89.4 Å². The zero-order valence-electron chi connectivity index (χ0n) is 16.8. The van der Waals surface area contributed by atoms with Crippen LogP contribution in [0.4, 0.5) is 0 Å². The Morgan fingerprint density at radius 3 is 1.65 bits per heavy atom. The molecule has 0 radical (unpaired) electrons. The summed E-state index contributed by atoms with van der Waals surface area (Å²) in [6, 6.07) is 0.675. The second kappa shape index (κ2) is 9.72. The minimum atomic E-state index is -0.102. The van der Waals surface area contributed by atoms with Crippen molar-refractivity contribution in [3.05, 3.63) is 0 Å². The zero-order valence-corrected chi connectivity index (χ0v) is 16.8. The van der Waals surface area contributed by atoms with Gasteiger partial charge in [0, 0.05) is 17.9 Å². The molecule has 2 aliphatic carbocycles. The fourth-order valence-corrected chi connectivity index (χ4v) is 4.92. The van der Waals surface area contributed by atoms with Crippen LogP contribution < -0.4 is 11.5 Å². The largest absolute Gasteiger partial charge is 0.369 e. The Balaban J connectivity index is 0.000000228. The van der Waals surface area contributed by atoms with E-state index in [-0.39, 0.29) is 23.7 Å². The van der Waals surface area contributed by atoms with Crippen molar-refractivity contribution in [3.8, 4) is 0 Å². The second-order valence-corrected chi connectivity index (χ2v) is 9.04. The predicted octanol–water partition coefficient (Wildman–Crippen LogP) is 3.20. The normalized spacial score (nSPS) is 24.9. The highest BCUT2D eigenvalue weighted by Crippen LogP contribution is 2.46. The summed E-state index contributed by atoms with van der Waals surface area (Å²) in [4.78, 5) is 24.3. The van der Waals surface area contributed by atoms with Crippen LogP contribution in [-0.4, -0.2) is 35.8 Å². The summed E-state index contributed by atoms with van der Waals surface area (Å²) in [5.41, 5.74) is 11.1. The molecule has 3 aliphatic rings. The first-order chi connectivity index (χ1) is 12.3. The standard InChI is InChI=1S/C14H26N2O.C7H13NO/c1-11(2)16-9-7-14(8-10-16)5-3-12(4-6-14)13(15)17;8-7(9)6-4-2-1-3-5-6/h11-12H,3-10H2,1-2H3,(H2,15,17);6H,1-5H2,(H2,8,9). The molecular weight excluding hydrogens is 326 g/mol. The van der Waals surface area contributed by atoms with Gasteiger partial charge >= 0.3 is 0 Å². The first-order valence-corrected chi connectivity index (χ1v) is 10.7. The average Bonchev–Trinajstić information content (AvgIpc) is 2.64. The van der Waals surface area contributed by atoms with E-state index in [1.54, 1.807) is 0 Å². The van der Waals surface area contributed by atoms with E-state index in [1.165, 1.54) is 58.0 Å². The van der Waals surface area contributed by atoms with Gasteiger partial charge in [0.1, 0.15) is 0 Å². The van der Waals surface area contributed by atoms with Crippen LogP contribution in [0.1, 0.15) is 84.5 Å². The molecule has 3 rings (SSSR count). The van der Waals surface area contributed by atoms with Crippen LogP contribution in [0.25, 0.3) is 0 Å². The molecule has 3 fully saturated rings. The molecule has 0 aromatic carbocycles.